The summed E-state index contributed by atoms with van der Waals surface area (Å²) in [6.45, 7) is 5.01. The van der Waals surface area contributed by atoms with Gasteiger partial charge in [0.2, 0.25) is 5.91 Å². The Hall–Kier alpha value is -2.77. The zero-order valence-corrected chi connectivity index (χ0v) is 16.9. The summed E-state index contributed by atoms with van der Waals surface area (Å²) in [5.74, 6) is -0.195. The Labute approximate surface area is 171 Å². The van der Waals surface area contributed by atoms with Gasteiger partial charge in [-0.05, 0) is 44.2 Å². The number of fused-ring (bicyclic) bond motifs is 1. The summed E-state index contributed by atoms with van der Waals surface area (Å²) >= 11 is 0. The minimum absolute atomic E-state index is 0.0814. The number of benzene rings is 1. The Kier molecular flexibility index (Phi) is 5.60. The fourth-order valence-electron chi connectivity index (χ4n) is 4.36. The minimum atomic E-state index is -0.576. The number of nitrogens with zero attached hydrogens (tertiary/aromatic N) is 3. The number of hydrogen-bond acceptors (Lipinski definition) is 3. The molecule has 8 nitrogen and oxygen atoms in total. The maximum atomic E-state index is 13.0. The standard InChI is InChI=1S/C21H29N5O3/c1-15-19(27)23-18-9-3-2-7-16(18)13-26(15)20(28)22-17-8-6-12-25(14-17)21(29)24-10-4-5-11-24/h2-3,7,9,15,17H,4-6,8,10-14H2,1H3,(H,22,28)(H,23,27). The molecule has 29 heavy (non-hydrogen) atoms. The third-order valence-electron chi connectivity index (χ3n) is 6.12. The second-order valence-electron chi connectivity index (χ2n) is 8.16. The van der Waals surface area contributed by atoms with Crippen molar-refractivity contribution >= 4 is 23.7 Å². The van der Waals surface area contributed by atoms with Crippen molar-refractivity contribution < 1.29 is 14.4 Å². The molecule has 0 aromatic heterocycles. The summed E-state index contributed by atoms with van der Waals surface area (Å²) in [5.41, 5.74) is 1.66. The average molecular weight is 399 g/mol. The maximum absolute atomic E-state index is 13.0. The Morgan fingerprint density at radius 1 is 1.07 bits per heavy atom. The first-order valence-electron chi connectivity index (χ1n) is 10.5. The highest BCUT2D eigenvalue weighted by atomic mass is 16.2. The molecule has 0 radical (unpaired) electrons. The van der Waals surface area contributed by atoms with Gasteiger partial charge in [-0.1, -0.05) is 18.2 Å². The number of hydrogen-bond donors (Lipinski definition) is 2. The van der Waals surface area contributed by atoms with Crippen molar-refractivity contribution in [1.29, 1.82) is 0 Å². The van der Waals surface area contributed by atoms with Crippen molar-refractivity contribution in [2.24, 2.45) is 0 Å². The molecule has 2 fully saturated rings. The highest BCUT2D eigenvalue weighted by molar-refractivity contribution is 5.98. The SMILES string of the molecule is CC1C(=O)Nc2ccccc2CN1C(=O)NC1CCCN(C(=O)N2CCCC2)C1. The Balaban J connectivity index is 1.41. The molecule has 2 atom stereocenters. The lowest BCUT2D eigenvalue weighted by atomic mass is 10.1. The second-order valence-corrected chi connectivity index (χ2v) is 8.16. The molecule has 156 valence electrons. The fourth-order valence-corrected chi connectivity index (χ4v) is 4.36. The van der Waals surface area contributed by atoms with E-state index >= 15 is 0 Å². The number of para-hydroxylation sites is 1. The van der Waals surface area contributed by atoms with Gasteiger partial charge in [-0.25, -0.2) is 9.59 Å². The number of carbonyl (C=O) groups is 3. The van der Waals surface area contributed by atoms with Gasteiger partial charge in [0.25, 0.3) is 0 Å². The van der Waals surface area contributed by atoms with Gasteiger partial charge in [0.05, 0.1) is 6.54 Å². The molecular formula is C21H29N5O3. The smallest absolute Gasteiger partial charge is 0.320 e. The van der Waals surface area contributed by atoms with E-state index in [0.29, 0.717) is 13.1 Å². The summed E-state index contributed by atoms with van der Waals surface area (Å²) < 4.78 is 0. The first-order chi connectivity index (χ1) is 14.0. The van der Waals surface area contributed by atoms with Crippen molar-refractivity contribution in [3.05, 3.63) is 29.8 Å². The molecular weight excluding hydrogens is 370 g/mol. The molecule has 2 unspecified atom stereocenters. The molecule has 5 amide bonds. The molecule has 2 saturated heterocycles. The number of carbonyl (C=O) groups excluding carboxylic acids is 3. The Morgan fingerprint density at radius 3 is 2.59 bits per heavy atom. The molecule has 0 bridgehead atoms. The van der Waals surface area contributed by atoms with E-state index < -0.39 is 6.04 Å². The number of nitrogens with one attached hydrogen (secondary N) is 2. The van der Waals surface area contributed by atoms with Crippen molar-refractivity contribution in [1.82, 2.24) is 20.0 Å². The van der Waals surface area contributed by atoms with E-state index in [-0.39, 0.29) is 24.0 Å². The first-order valence-corrected chi connectivity index (χ1v) is 10.5. The van der Waals surface area contributed by atoms with Crippen molar-refractivity contribution in [2.75, 3.05) is 31.5 Å². The number of piperidine rings is 1. The monoisotopic (exact) mass is 399 g/mol. The van der Waals surface area contributed by atoms with Crippen LogP contribution in [0.4, 0.5) is 15.3 Å². The zero-order valence-electron chi connectivity index (χ0n) is 16.9. The number of urea groups is 2. The van der Waals surface area contributed by atoms with Crippen LogP contribution < -0.4 is 10.6 Å². The molecule has 8 heteroatoms. The molecule has 0 saturated carbocycles. The van der Waals surface area contributed by atoms with E-state index in [9.17, 15) is 14.4 Å². The molecule has 0 spiro atoms. The van der Waals surface area contributed by atoms with Gasteiger partial charge < -0.3 is 25.3 Å². The summed E-state index contributed by atoms with van der Waals surface area (Å²) in [7, 11) is 0. The molecule has 1 aromatic carbocycles. The van der Waals surface area contributed by atoms with Gasteiger partial charge in [-0.15, -0.1) is 0 Å². The van der Waals surface area contributed by atoms with E-state index in [0.717, 1.165) is 56.6 Å². The molecule has 3 aliphatic heterocycles. The number of likely N-dealkylation sites (tertiary alicyclic amines) is 2. The Bertz CT molecular complexity index is 792. The molecule has 0 aliphatic carbocycles. The topological polar surface area (TPSA) is 85.0 Å². The van der Waals surface area contributed by atoms with Gasteiger partial charge >= 0.3 is 12.1 Å². The largest absolute Gasteiger partial charge is 0.333 e. The molecule has 1 aromatic rings. The van der Waals surface area contributed by atoms with Crippen molar-refractivity contribution in [2.45, 2.75) is 51.2 Å². The number of amides is 5. The quantitative estimate of drug-likeness (QED) is 0.759. The summed E-state index contributed by atoms with van der Waals surface area (Å²) in [5, 5.41) is 5.96. The van der Waals surface area contributed by atoms with E-state index in [1.807, 2.05) is 34.1 Å². The van der Waals surface area contributed by atoms with Crippen LogP contribution in [-0.4, -0.2) is 70.9 Å². The van der Waals surface area contributed by atoms with Gasteiger partial charge in [-0.3, -0.25) is 4.79 Å². The zero-order chi connectivity index (χ0) is 20.4. The lowest BCUT2D eigenvalue weighted by Crippen LogP contribution is -2.56. The van der Waals surface area contributed by atoms with Gasteiger partial charge in [0, 0.05) is 37.9 Å². The maximum Gasteiger partial charge on any atom is 0.320 e. The van der Waals surface area contributed by atoms with Gasteiger partial charge in [0.1, 0.15) is 6.04 Å². The molecule has 4 rings (SSSR count). The highest BCUT2D eigenvalue weighted by Gasteiger charge is 2.33. The van der Waals surface area contributed by atoms with E-state index in [1.165, 1.54) is 0 Å². The van der Waals surface area contributed by atoms with E-state index in [2.05, 4.69) is 10.6 Å². The number of anilines is 1. The summed E-state index contributed by atoms with van der Waals surface area (Å²) in [6, 6.07) is 6.69. The van der Waals surface area contributed by atoms with Gasteiger partial charge in [-0.2, -0.15) is 0 Å². The highest BCUT2D eigenvalue weighted by Crippen LogP contribution is 2.23. The number of rotatable bonds is 1. The molecule has 2 N–H and O–H groups in total. The van der Waals surface area contributed by atoms with Crippen LogP contribution in [0.1, 0.15) is 38.2 Å². The van der Waals surface area contributed by atoms with Gasteiger partial charge in [0.15, 0.2) is 0 Å². The Morgan fingerprint density at radius 2 is 1.79 bits per heavy atom. The van der Waals surface area contributed by atoms with Crippen molar-refractivity contribution in [3.8, 4) is 0 Å². The summed E-state index contributed by atoms with van der Waals surface area (Å²) in [6.07, 6.45) is 3.83. The average Bonchev–Trinajstić information content (AvgIpc) is 3.23. The lowest BCUT2D eigenvalue weighted by Gasteiger charge is -2.36. The van der Waals surface area contributed by atoms with E-state index in [4.69, 9.17) is 0 Å². The minimum Gasteiger partial charge on any atom is -0.333 e. The van der Waals surface area contributed by atoms with Crippen LogP contribution in [0.5, 0.6) is 0 Å². The van der Waals surface area contributed by atoms with Crippen LogP contribution in [-0.2, 0) is 11.3 Å². The fraction of sp³-hybridized carbons (Fsp3) is 0.571. The normalized spacial score (nSPS) is 24.6. The first kappa shape index (κ1) is 19.5. The third-order valence-corrected chi connectivity index (χ3v) is 6.12. The summed E-state index contributed by atoms with van der Waals surface area (Å²) in [4.78, 5) is 43.5. The lowest BCUT2D eigenvalue weighted by molar-refractivity contribution is -0.119. The van der Waals surface area contributed by atoms with Crippen LogP contribution in [0, 0.1) is 0 Å². The van der Waals surface area contributed by atoms with Crippen LogP contribution in [0.15, 0.2) is 24.3 Å². The third kappa shape index (κ3) is 4.16. The van der Waals surface area contributed by atoms with Crippen LogP contribution in [0.25, 0.3) is 0 Å². The van der Waals surface area contributed by atoms with Crippen LogP contribution in [0.3, 0.4) is 0 Å². The van der Waals surface area contributed by atoms with Crippen molar-refractivity contribution in [3.63, 3.8) is 0 Å². The predicted octanol–water partition coefficient (Wildman–Crippen LogP) is 2.22. The van der Waals surface area contributed by atoms with E-state index in [1.54, 1.807) is 11.8 Å². The molecule has 3 aliphatic rings. The van der Waals surface area contributed by atoms with Crippen LogP contribution in [0.2, 0.25) is 0 Å². The second kappa shape index (κ2) is 8.31. The molecule has 3 heterocycles. The predicted molar refractivity (Wildman–Crippen MR) is 109 cm³/mol. The van der Waals surface area contributed by atoms with Crippen LogP contribution >= 0.6 is 0 Å².